The van der Waals surface area contributed by atoms with Crippen molar-refractivity contribution in [2.45, 2.75) is 0 Å². The van der Waals surface area contributed by atoms with Gasteiger partial charge in [-0.25, -0.2) is 14.2 Å². The number of nitrogens with one attached hydrogen (secondary N) is 2. The quantitative estimate of drug-likeness (QED) is 0.637. The Labute approximate surface area is 143 Å². The first kappa shape index (κ1) is 16.5. The molecule has 2 aromatic carbocycles. The molecule has 0 atom stereocenters. The molecule has 0 fully saturated rings. The van der Waals surface area contributed by atoms with Crippen molar-refractivity contribution >= 4 is 17.1 Å². The van der Waals surface area contributed by atoms with E-state index in [9.17, 15) is 9.18 Å². The molecule has 1 amide bonds. The van der Waals surface area contributed by atoms with E-state index in [1.165, 1.54) is 0 Å². The summed E-state index contributed by atoms with van der Waals surface area (Å²) in [6.07, 6.45) is -0.867. The number of fused-ring (bicyclic) bond motifs is 1. The third-order valence-electron chi connectivity index (χ3n) is 3.56. The maximum absolute atomic E-state index is 12.7. The second kappa shape index (κ2) is 7.48. The number of ether oxygens (including phenoxy) is 1. The zero-order chi connectivity index (χ0) is 17.6. The number of aromatic nitrogens is 2. The summed E-state index contributed by atoms with van der Waals surface area (Å²) in [5.41, 5.74) is 2.95. The van der Waals surface area contributed by atoms with E-state index in [1.807, 2.05) is 36.4 Å². The Morgan fingerprint density at radius 1 is 1.24 bits per heavy atom. The maximum Gasteiger partial charge on any atom is 0.404 e. The van der Waals surface area contributed by atoms with E-state index in [-0.39, 0.29) is 18.7 Å². The van der Waals surface area contributed by atoms with E-state index >= 15 is 0 Å². The summed E-state index contributed by atoms with van der Waals surface area (Å²) in [6.45, 7) is -0.163. The van der Waals surface area contributed by atoms with Crippen molar-refractivity contribution in [2.24, 2.45) is 0 Å². The number of aromatic amines is 1. The van der Waals surface area contributed by atoms with Crippen LogP contribution in [0.25, 0.3) is 22.4 Å². The fourth-order valence-electron chi connectivity index (χ4n) is 2.28. The predicted molar refractivity (Wildman–Crippen MR) is 92.2 cm³/mol. The minimum Gasteiger partial charge on any atom is -0.489 e. The standard InChI is InChI=1S/C18H16FN3O3/c19-9-12(10-20-18(23)24)11-25-14-7-5-13(6-8-14)17-21-15-3-1-2-4-16(15)22-17/h1-9,20H,10-11H2,(H,21,22)(H,23,24). The highest BCUT2D eigenvalue weighted by Gasteiger charge is 2.06. The van der Waals surface area contributed by atoms with Gasteiger partial charge in [0.1, 0.15) is 18.2 Å². The third-order valence-corrected chi connectivity index (χ3v) is 3.56. The summed E-state index contributed by atoms with van der Waals surface area (Å²) in [5, 5.41) is 10.6. The molecule has 0 radical (unpaired) electrons. The van der Waals surface area contributed by atoms with Crippen molar-refractivity contribution in [2.75, 3.05) is 13.2 Å². The molecular formula is C18H16FN3O3. The maximum atomic E-state index is 12.7. The molecule has 3 N–H and O–H groups in total. The molecule has 1 aromatic heterocycles. The first-order valence-electron chi connectivity index (χ1n) is 7.58. The number of hydrogen-bond acceptors (Lipinski definition) is 3. The van der Waals surface area contributed by atoms with Crippen LogP contribution in [0.3, 0.4) is 0 Å². The summed E-state index contributed by atoms with van der Waals surface area (Å²) in [4.78, 5) is 18.2. The Morgan fingerprint density at radius 3 is 2.68 bits per heavy atom. The zero-order valence-corrected chi connectivity index (χ0v) is 13.2. The van der Waals surface area contributed by atoms with Gasteiger partial charge in [-0.3, -0.25) is 0 Å². The second-order valence-corrected chi connectivity index (χ2v) is 5.34. The van der Waals surface area contributed by atoms with Gasteiger partial charge in [0.15, 0.2) is 0 Å². The average molecular weight is 341 g/mol. The minimum atomic E-state index is -1.21. The van der Waals surface area contributed by atoms with Gasteiger partial charge in [0.2, 0.25) is 0 Å². The van der Waals surface area contributed by atoms with Gasteiger partial charge < -0.3 is 20.1 Å². The Balaban J connectivity index is 1.64. The van der Waals surface area contributed by atoms with Crippen molar-refractivity contribution in [1.82, 2.24) is 15.3 Å². The Hall–Kier alpha value is -3.35. The van der Waals surface area contributed by atoms with Gasteiger partial charge in [0.05, 0.1) is 17.4 Å². The van der Waals surface area contributed by atoms with Crippen LogP contribution in [0.1, 0.15) is 0 Å². The molecule has 3 rings (SSSR count). The van der Waals surface area contributed by atoms with Crippen LogP contribution in [0.2, 0.25) is 0 Å². The molecule has 0 aliphatic heterocycles. The molecule has 7 heteroatoms. The molecule has 0 saturated heterocycles. The monoisotopic (exact) mass is 341 g/mol. The average Bonchev–Trinajstić information content (AvgIpc) is 3.06. The Morgan fingerprint density at radius 2 is 2.00 bits per heavy atom. The van der Waals surface area contributed by atoms with Gasteiger partial charge in [0, 0.05) is 17.7 Å². The first-order chi connectivity index (χ1) is 12.2. The number of H-pyrrole nitrogens is 1. The lowest BCUT2D eigenvalue weighted by Crippen LogP contribution is -2.25. The van der Waals surface area contributed by atoms with Gasteiger partial charge in [0.25, 0.3) is 0 Å². The number of amides is 1. The van der Waals surface area contributed by atoms with Crippen molar-refractivity contribution in [1.29, 1.82) is 0 Å². The molecule has 0 saturated carbocycles. The lowest BCUT2D eigenvalue weighted by atomic mass is 10.2. The van der Waals surface area contributed by atoms with E-state index in [2.05, 4.69) is 15.3 Å². The Bertz CT molecular complexity index is 870. The van der Waals surface area contributed by atoms with E-state index in [0.29, 0.717) is 12.1 Å². The van der Waals surface area contributed by atoms with Crippen molar-refractivity contribution in [3.63, 3.8) is 0 Å². The van der Waals surface area contributed by atoms with Gasteiger partial charge in [-0.05, 0) is 36.4 Å². The van der Waals surface area contributed by atoms with Gasteiger partial charge in [-0.15, -0.1) is 0 Å². The summed E-state index contributed by atoms with van der Waals surface area (Å²) >= 11 is 0. The van der Waals surface area contributed by atoms with Crippen LogP contribution >= 0.6 is 0 Å². The zero-order valence-electron chi connectivity index (χ0n) is 13.2. The highest BCUT2D eigenvalue weighted by Crippen LogP contribution is 2.23. The number of halogens is 1. The fraction of sp³-hybridized carbons (Fsp3) is 0.111. The molecular weight excluding hydrogens is 325 g/mol. The molecule has 0 bridgehead atoms. The topological polar surface area (TPSA) is 87.2 Å². The van der Waals surface area contributed by atoms with Crippen LogP contribution in [0.15, 0.2) is 60.4 Å². The number of imidazole rings is 1. The summed E-state index contributed by atoms with van der Waals surface area (Å²) < 4.78 is 18.2. The van der Waals surface area contributed by atoms with Crippen molar-refractivity contribution < 1.29 is 19.0 Å². The predicted octanol–water partition coefficient (Wildman–Crippen LogP) is 3.73. The number of hydrogen-bond donors (Lipinski definition) is 3. The minimum absolute atomic E-state index is 0.0409. The second-order valence-electron chi connectivity index (χ2n) is 5.34. The summed E-state index contributed by atoms with van der Waals surface area (Å²) in [6, 6.07) is 15.0. The van der Waals surface area contributed by atoms with Crippen LogP contribution in [-0.2, 0) is 0 Å². The lowest BCUT2D eigenvalue weighted by molar-refractivity contribution is 0.195. The molecule has 0 aliphatic carbocycles. The van der Waals surface area contributed by atoms with Crippen LogP contribution < -0.4 is 10.1 Å². The van der Waals surface area contributed by atoms with Crippen LogP contribution in [0, 0.1) is 0 Å². The van der Waals surface area contributed by atoms with Crippen molar-refractivity contribution in [3.8, 4) is 17.1 Å². The molecule has 6 nitrogen and oxygen atoms in total. The third kappa shape index (κ3) is 4.14. The van der Waals surface area contributed by atoms with Gasteiger partial charge in [-0.1, -0.05) is 12.1 Å². The lowest BCUT2D eigenvalue weighted by Gasteiger charge is -2.09. The number of nitrogens with zero attached hydrogens (tertiary/aromatic N) is 1. The van der Waals surface area contributed by atoms with Gasteiger partial charge in [-0.2, -0.15) is 0 Å². The molecule has 0 aliphatic rings. The molecule has 0 unspecified atom stereocenters. The molecule has 25 heavy (non-hydrogen) atoms. The highest BCUT2D eigenvalue weighted by molar-refractivity contribution is 5.79. The van der Waals surface area contributed by atoms with Crippen LogP contribution in [-0.4, -0.2) is 34.3 Å². The van der Waals surface area contributed by atoms with E-state index in [1.54, 1.807) is 12.1 Å². The molecule has 1 heterocycles. The largest absolute Gasteiger partial charge is 0.489 e. The number of rotatable bonds is 6. The SMILES string of the molecule is O=C(O)NCC(=CF)COc1ccc(-c2nc3ccccc3[nH]2)cc1. The number of para-hydroxylation sites is 2. The number of carbonyl (C=O) groups is 1. The van der Waals surface area contributed by atoms with Crippen LogP contribution in [0.4, 0.5) is 9.18 Å². The van der Waals surface area contributed by atoms with E-state index in [0.717, 1.165) is 22.4 Å². The van der Waals surface area contributed by atoms with Gasteiger partial charge >= 0.3 is 6.09 Å². The van der Waals surface area contributed by atoms with E-state index in [4.69, 9.17) is 9.84 Å². The Kier molecular flexibility index (Phi) is 4.94. The summed E-state index contributed by atoms with van der Waals surface area (Å²) in [5.74, 6) is 1.30. The first-order valence-corrected chi connectivity index (χ1v) is 7.58. The van der Waals surface area contributed by atoms with Crippen molar-refractivity contribution in [3.05, 3.63) is 60.4 Å². The number of carboxylic acid groups (broad SMARTS) is 1. The number of benzene rings is 2. The fourth-order valence-corrected chi connectivity index (χ4v) is 2.28. The molecule has 3 aromatic rings. The highest BCUT2D eigenvalue weighted by atomic mass is 19.1. The van der Waals surface area contributed by atoms with Crippen LogP contribution in [0.5, 0.6) is 5.75 Å². The normalized spacial score (nSPS) is 11.5. The van der Waals surface area contributed by atoms with E-state index < -0.39 is 6.09 Å². The molecule has 0 spiro atoms. The molecule has 128 valence electrons. The summed E-state index contributed by atoms with van der Waals surface area (Å²) in [7, 11) is 0. The smallest absolute Gasteiger partial charge is 0.404 e.